The van der Waals surface area contributed by atoms with Gasteiger partial charge in [0.05, 0.1) is 0 Å². The van der Waals surface area contributed by atoms with Gasteiger partial charge in [-0.1, -0.05) is 65.4 Å². The fourth-order valence-corrected chi connectivity index (χ4v) is 4.87. The lowest BCUT2D eigenvalue weighted by molar-refractivity contribution is -0.138. The Balaban J connectivity index is 1.70. The van der Waals surface area contributed by atoms with E-state index in [9.17, 15) is 9.59 Å². The predicted octanol–water partition coefficient (Wildman–Crippen LogP) is 4.72. The second kappa shape index (κ2) is 10.8. The molecule has 1 heterocycles. The molecular formula is C26H27BrN2O4. The van der Waals surface area contributed by atoms with Crippen LogP contribution in [0.15, 0.2) is 46.9 Å². The Bertz CT molecular complexity index is 1090. The van der Waals surface area contributed by atoms with Crippen LogP contribution in [0.2, 0.25) is 0 Å². The van der Waals surface area contributed by atoms with Crippen LogP contribution in [0.25, 0.3) is 0 Å². The number of amides is 2. The van der Waals surface area contributed by atoms with Crippen LogP contribution in [0.4, 0.5) is 0 Å². The number of nitrogens with zero attached hydrogens (tertiary/aromatic N) is 1. The first-order valence-corrected chi connectivity index (χ1v) is 12.0. The van der Waals surface area contributed by atoms with E-state index in [1.54, 1.807) is 6.92 Å². The molecule has 2 aromatic carbocycles. The largest absolute Gasteiger partial charge is 0.454 e. The van der Waals surface area contributed by atoms with Gasteiger partial charge in [-0.05, 0) is 55.0 Å². The summed E-state index contributed by atoms with van der Waals surface area (Å²) >= 11 is 3.58. The number of rotatable bonds is 6. The van der Waals surface area contributed by atoms with Gasteiger partial charge in [0.25, 0.3) is 5.91 Å². The summed E-state index contributed by atoms with van der Waals surface area (Å²) < 4.78 is 11.7. The number of nitrogens with one attached hydrogen (secondary N) is 1. The van der Waals surface area contributed by atoms with Crippen molar-refractivity contribution < 1.29 is 19.1 Å². The highest BCUT2D eigenvalue weighted by Crippen LogP contribution is 2.35. The fraction of sp³-hybridized carbons (Fsp3) is 0.385. The number of halogens is 1. The van der Waals surface area contributed by atoms with Crippen LogP contribution in [0.5, 0.6) is 11.5 Å². The van der Waals surface area contributed by atoms with Gasteiger partial charge in [0.1, 0.15) is 6.04 Å². The van der Waals surface area contributed by atoms with Gasteiger partial charge in [0.2, 0.25) is 12.7 Å². The molecule has 1 aliphatic heterocycles. The minimum absolute atomic E-state index is 0.121. The van der Waals surface area contributed by atoms with E-state index in [1.165, 1.54) is 11.3 Å². The molecule has 7 heteroatoms. The lowest BCUT2D eigenvalue weighted by atomic mass is 9.94. The summed E-state index contributed by atoms with van der Waals surface area (Å²) in [5, 5.41) is 3.20. The van der Waals surface area contributed by atoms with Crippen molar-refractivity contribution >= 4 is 27.7 Å². The average Bonchev–Trinajstić information content (AvgIpc) is 3.28. The van der Waals surface area contributed by atoms with Gasteiger partial charge < -0.3 is 19.7 Å². The van der Waals surface area contributed by atoms with E-state index in [-0.39, 0.29) is 25.3 Å². The quantitative estimate of drug-likeness (QED) is 0.570. The maximum atomic E-state index is 13.7. The molecule has 0 spiro atoms. The lowest BCUT2D eigenvalue weighted by Gasteiger charge is -2.33. The van der Waals surface area contributed by atoms with Crippen molar-refractivity contribution in [2.24, 2.45) is 0 Å². The van der Waals surface area contributed by atoms with Crippen LogP contribution in [-0.2, 0) is 16.1 Å². The molecule has 33 heavy (non-hydrogen) atoms. The van der Waals surface area contributed by atoms with Crippen molar-refractivity contribution in [3.63, 3.8) is 0 Å². The first kappa shape index (κ1) is 23.2. The monoisotopic (exact) mass is 510 g/mol. The van der Waals surface area contributed by atoms with E-state index >= 15 is 0 Å². The maximum absolute atomic E-state index is 13.7. The van der Waals surface area contributed by atoms with Crippen LogP contribution < -0.4 is 14.8 Å². The lowest BCUT2D eigenvalue weighted by Crippen LogP contribution is -2.46. The smallest absolute Gasteiger partial charge is 0.299 e. The Morgan fingerprint density at radius 2 is 1.88 bits per heavy atom. The van der Waals surface area contributed by atoms with Crippen molar-refractivity contribution in [1.82, 2.24) is 10.2 Å². The first-order chi connectivity index (χ1) is 16.1. The van der Waals surface area contributed by atoms with Crippen LogP contribution in [0.1, 0.15) is 56.2 Å². The van der Waals surface area contributed by atoms with Crippen molar-refractivity contribution in [3.05, 3.63) is 58.1 Å². The van der Waals surface area contributed by atoms with E-state index in [1.807, 2.05) is 42.5 Å². The highest BCUT2D eigenvalue weighted by atomic mass is 79.9. The van der Waals surface area contributed by atoms with Gasteiger partial charge in [-0.15, -0.1) is 0 Å². The number of hydrogen-bond acceptors (Lipinski definition) is 4. The zero-order valence-corrected chi connectivity index (χ0v) is 20.2. The van der Waals surface area contributed by atoms with Crippen LogP contribution >= 0.6 is 15.9 Å². The number of fused-ring (bicyclic) bond motifs is 1. The van der Waals surface area contributed by atoms with E-state index in [0.29, 0.717) is 11.5 Å². The standard InChI is InChI=1S/C26H27BrN2O4/c1-2-8-24(30)29(16-18-13-14-22-23(15-18)33-17-32-22)25(20-11-6-7-12-21(20)27)26(31)28-19-9-4-3-5-10-19/h6-7,11-15,19,25H,3-5,9-10,16-17H2,1H3,(H,28,31). The molecule has 2 amide bonds. The number of carbonyl (C=O) groups is 2. The molecule has 0 aromatic heterocycles. The molecule has 1 saturated carbocycles. The van der Waals surface area contributed by atoms with E-state index in [0.717, 1.165) is 41.3 Å². The van der Waals surface area contributed by atoms with Crippen LogP contribution in [0, 0.1) is 11.8 Å². The highest BCUT2D eigenvalue weighted by Gasteiger charge is 2.34. The van der Waals surface area contributed by atoms with E-state index < -0.39 is 11.9 Å². The number of benzene rings is 2. The molecule has 0 bridgehead atoms. The summed E-state index contributed by atoms with van der Waals surface area (Å²) in [4.78, 5) is 28.4. The zero-order valence-electron chi connectivity index (χ0n) is 18.6. The number of carbonyl (C=O) groups excluding carboxylic acids is 2. The minimum Gasteiger partial charge on any atom is -0.454 e. The molecule has 1 aliphatic carbocycles. The normalized spacial score (nSPS) is 15.8. The maximum Gasteiger partial charge on any atom is 0.299 e. The number of ether oxygens (including phenoxy) is 2. The third kappa shape index (κ3) is 5.51. The van der Waals surface area contributed by atoms with Crippen LogP contribution in [-0.4, -0.2) is 29.5 Å². The summed E-state index contributed by atoms with van der Waals surface area (Å²) in [6, 6.07) is 12.3. The van der Waals surface area contributed by atoms with Gasteiger partial charge in [-0.2, -0.15) is 0 Å². The molecule has 172 valence electrons. The molecule has 0 saturated heterocycles. The van der Waals surface area contributed by atoms with Crippen molar-refractivity contribution in [2.45, 2.75) is 57.7 Å². The average molecular weight is 511 g/mol. The predicted molar refractivity (Wildman–Crippen MR) is 128 cm³/mol. The highest BCUT2D eigenvalue weighted by molar-refractivity contribution is 9.10. The second-order valence-electron chi connectivity index (χ2n) is 8.26. The molecule has 0 radical (unpaired) electrons. The SMILES string of the molecule is CC#CC(=O)N(Cc1ccc2c(c1)OCO2)C(C(=O)NC1CCCCC1)c1ccccc1Br. The van der Waals surface area contributed by atoms with Gasteiger partial charge in [0.15, 0.2) is 11.5 Å². The first-order valence-electron chi connectivity index (χ1n) is 11.2. The molecule has 6 nitrogen and oxygen atoms in total. The van der Waals surface area contributed by atoms with Gasteiger partial charge in [0, 0.05) is 17.1 Å². The Kier molecular flexibility index (Phi) is 7.56. The van der Waals surface area contributed by atoms with Gasteiger partial charge in [-0.25, -0.2) is 0 Å². The molecule has 1 unspecified atom stereocenters. The molecule has 1 N–H and O–H groups in total. The molecule has 1 fully saturated rings. The van der Waals surface area contributed by atoms with Gasteiger partial charge >= 0.3 is 0 Å². The summed E-state index contributed by atoms with van der Waals surface area (Å²) in [6.45, 7) is 1.99. The Hall–Kier alpha value is -2.98. The molecule has 2 aliphatic rings. The van der Waals surface area contributed by atoms with E-state index in [2.05, 4.69) is 33.1 Å². The molecule has 2 aromatic rings. The Labute approximate surface area is 202 Å². The summed E-state index contributed by atoms with van der Waals surface area (Å²) in [5.74, 6) is 6.02. The van der Waals surface area contributed by atoms with E-state index in [4.69, 9.17) is 9.47 Å². The minimum atomic E-state index is -0.832. The summed E-state index contributed by atoms with van der Waals surface area (Å²) in [5.41, 5.74) is 1.55. The van der Waals surface area contributed by atoms with Crippen molar-refractivity contribution in [2.75, 3.05) is 6.79 Å². The van der Waals surface area contributed by atoms with Crippen molar-refractivity contribution in [3.8, 4) is 23.3 Å². The Morgan fingerprint density at radius 3 is 2.64 bits per heavy atom. The van der Waals surface area contributed by atoms with Gasteiger partial charge in [-0.3, -0.25) is 9.59 Å². The summed E-state index contributed by atoms with van der Waals surface area (Å²) in [6.07, 6.45) is 5.32. The molecular weight excluding hydrogens is 484 g/mol. The fourth-order valence-electron chi connectivity index (χ4n) is 4.37. The number of hydrogen-bond donors (Lipinski definition) is 1. The zero-order chi connectivity index (χ0) is 23.2. The third-order valence-corrected chi connectivity index (χ3v) is 6.72. The summed E-state index contributed by atoms with van der Waals surface area (Å²) in [7, 11) is 0. The van der Waals surface area contributed by atoms with Crippen molar-refractivity contribution in [1.29, 1.82) is 0 Å². The van der Waals surface area contributed by atoms with Crippen LogP contribution in [0.3, 0.4) is 0 Å². The Morgan fingerprint density at radius 1 is 1.12 bits per heavy atom. The topological polar surface area (TPSA) is 67.9 Å². The second-order valence-corrected chi connectivity index (χ2v) is 9.12. The molecule has 4 rings (SSSR count). The third-order valence-electron chi connectivity index (χ3n) is 5.99. The molecule has 1 atom stereocenters.